The SMILES string of the molecule is COC1CCCN(C(=O)C(=O)Nc2ccc(Sc3ccncc3)cc2)C1. The molecule has 1 fully saturated rings. The lowest BCUT2D eigenvalue weighted by molar-refractivity contribution is -0.145. The van der Waals surface area contributed by atoms with Crippen molar-refractivity contribution < 1.29 is 14.3 Å². The van der Waals surface area contributed by atoms with E-state index in [0.717, 1.165) is 22.6 Å². The molecule has 1 aliphatic heterocycles. The highest BCUT2D eigenvalue weighted by atomic mass is 32.2. The molecular weight excluding hydrogens is 350 g/mol. The summed E-state index contributed by atoms with van der Waals surface area (Å²) in [6.45, 7) is 1.05. The number of methoxy groups -OCH3 is 1. The zero-order valence-electron chi connectivity index (χ0n) is 14.6. The first-order chi connectivity index (χ1) is 12.7. The number of carbonyl (C=O) groups excluding carboxylic acids is 2. The number of hydrogen-bond donors (Lipinski definition) is 1. The maximum absolute atomic E-state index is 12.3. The Hall–Kier alpha value is -2.38. The average molecular weight is 371 g/mol. The van der Waals surface area contributed by atoms with Crippen LogP contribution >= 0.6 is 11.8 Å². The van der Waals surface area contributed by atoms with E-state index >= 15 is 0 Å². The van der Waals surface area contributed by atoms with Crippen LogP contribution in [-0.4, -0.2) is 48.0 Å². The Balaban J connectivity index is 1.56. The molecule has 1 aromatic carbocycles. The van der Waals surface area contributed by atoms with E-state index in [4.69, 9.17) is 4.74 Å². The first kappa shape index (κ1) is 18.4. The van der Waals surface area contributed by atoms with Gasteiger partial charge in [-0.2, -0.15) is 0 Å². The number of ether oxygens (including phenoxy) is 1. The number of piperidine rings is 1. The van der Waals surface area contributed by atoms with Crippen molar-refractivity contribution >= 4 is 29.3 Å². The Labute approximate surface area is 156 Å². The van der Waals surface area contributed by atoms with Gasteiger partial charge in [0.15, 0.2) is 0 Å². The molecule has 0 bridgehead atoms. The molecule has 2 amide bonds. The van der Waals surface area contributed by atoms with E-state index in [-0.39, 0.29) is 6.10 Å². The Morgan fingerprint density at radius 1 is 1.15 bits per heavy atom. The average Bonchev–Trinajstić information content (AvgIpc) is 2.69. The molecule has 1 atom stereocenters. The summed E-state index contributed by atoms with van der Waals surface area (Å²) in [6.07, 6.45) is 5.26. The minimum atomic E-state index is -0.615. The van der Waals surface area contributed by atoms with Crippen molar-refractivity contribution in [2.75, 3.05) is 25.5 Å². The van der Waals surface area contributed by atoms with Crippen LogP contribution in [0.3, 0.4) is 0 Å². The Morgan fingerprint density at radius 3 is 2.54 bits per heavy atom. The molecular formula is C19H21N3O3S. The maximum Gasteiger partial charge on any atom is 0.313 e. The van der Waals surface area contributed by atoms with Gasteiger partial charge in [0.05, 0.1) is 6.10 Å². The lowest BCUT2D eigenvalue weighted by Gasteiger charge is -2.31. The molecule has 1 unspecified atom stereocenters. The van der Waals surface area contributed by atoms with Gasteiger partial charge >= 0.3 is 11.8 Å². The second-order valence-electron chi connectivity index (χ2n) is 6.01. The van der Waals surface area contributed by atoms with Gasteiger partial charge in [-0.3, -0.25) is 14.6 Å². The van der Waals surface area contributed by atoms with Crippen LogP contribution in [0, 0.1) is 0 Å². The van der Waals surface area contributed by atoms with Crippen molar-refractivity contribution in [1.82, 2.24) is 9.88 Å². The molecule has 1 saturated heterocycles. The van der Waals surface area contributed by atoms with Gasteiger partial charge in [0.1, 0.15) is 0 Å². The Morgan fingerprint density at radius 2 is 1.85 bits per heavy atom. The van der Waals surface area contributed by atoms with Crippen molar-refractivity contribution in [1.29, 1.82) is 0 Å². The monoisotopic (exact) mass is 371 g/mol. The number of rotatable bonds is 4. The van der Waals surface area contributed by atoms with Gasteiger partial charge in [-0.15, -0.1) is 0 Å². The molecule has 7 heteroatoms. The van der Waals surface area contributed by atoms with Crippen molar-refractivity contribution in [3.05, 3.63) is 48.8 Å². The molecule has 1 aliphatic rings. The lowest BCUT2D eigenvalue weighted by Crippen LogP contribution is -2.47. The molecule has 136 valence electrons. The zero-order valence-corrected chi connectivity index (χ0v) is 15.4. The van der Waals surface area contributed by atoms with Crippen LogP contribution in [-0.2, 0) is 14.3 Å². The summed E-state index contributed by atoms with van der Waals surface area (Å²) >= 11 is 1.61. The second-order valence-corrected chi connectivity index (χ2v) is 7.16. The van der Waals surface area contributed by atoms with Crippen LogP contribution in [0.25, 0.3) is 0 Å². The molecule has 2 aromatic rings. The van der Waals surface area contributed by atoms with Crippen molar-refractivity contribution in [3.63, 3.8) is 0 Å². The topological polar surface area (TPSA) is 71.5 Å². The van der Waals surface area contributed by atoms with E-state index in [9.17, 15) is 9.59 Å². The normalized spacial score (nSPS) is 17.0. The van der Waals surface area contributed by atoms with Gasteiger partial charge < -0.3 is 15.0 Å². The minimum Gasteiger partial charge on any atom is -0.380 e. The third-order valence-electron chi connectivity index (χ3n) is 4.19. The number of amides is 2. The molecule has 1 N–H and O–H groups in total. The lowest BCUT2D eigenvalue weighted by atomic mass is 10.1. The highest BCUT2D eigenvalue weighted by Crippen LogP contribution is 2.27. The summed E-state index contributed by atoms with van der Waals surface area (Å²) in [4.78, 5) is 32.2. The number of benzene rings is 1. The number of nitrogens with zero attached hydrogens (tertiary/aromatic N) is 2. The standard InChI is InChI=1S/C19H21N3O3S/c1-25-15-3-2-12-22(13-15)19(24)18(23)21-14-4-6-16(7-5-14)26-17-8-10-20-11-9-17/h4-11,15H,2-3,12-13H2,1H3,(H,21,23). The van der Waals surface area contributed by atoms with E-state index in [1.54, 1.807) is 48.3 Å². The molecule has 6 nitrogen and oxygen atoms in total. The van der Waals surface area contributed by atoms with Gasteiger partial charge in [-0.1, -0.05) is 11.8 Å². The van der Waals surface area contributed by atoms with Gasteiger partial charge in [0.25, 0.3) is 0 Å². The molecule has 0 saturated carbocycles. The van der Waals surface area contributed by atoms with Crippen molar-refractivity contribution in [2.45, 2.75) is 28.7 Å². The number of aromatic nitrogens is 1. The van der Waals surface area contributed by atoms with Gasteiger partial charge in [-0.25, -0.2) is 0 Å². The summed E-state index contributed by atoms with van der Waals surface area (Å²) < 4.78 is 5.30. The number of likely N-dealkylation sites (tertiary alicyclic amines) is 1. The fourth-order valence-corrected chi connectivity index (χ4v) is 3.59. The van der Waals surface area contributed by atoms with E-state index in [1.165, 1.54) is 0 Å². The molecule has 0 spiro atoms. The molecule has 3 rings (SSSR count). The van der Waals surface area contributed by atoms with Crippen LogP contribution in [0.4, 0.5) is 5.69 Å². The molecule has 26 heavy (non-hydrogen) atoms. The summed E-state index contributed by atoms with van der Waals surface area (Å²) in [7, 11) is 1.63. The summed E-state index contributed by atoms with van der Waals surface area (Å²) in [6, 6.07) is 11.3. The fourth-order valence-electron chi connectivity index (χ4n) is 2.79. The highest BCUT2D eigenvalue weighted by Gasteiger charge is 2.27. The van der Waals surface area contributed by atoms with Crippen molar-refractivity contribution in [3.8, 4) is 0 Å². The predicted molar refractivity (Wildman–Crippen MR) is 100 cm³/mol. The Kier molecular flexibility index (Phi) is 6.25. The first-order valence-electron chi connectivity index (χ1n) is 8.46. The maximum atomic E-state index is 12.3. The largest absolute Gasteiger partial charge is 0.380 e. The van der Waals surface area contributed by atoms with E-state index in [2.05, 4.69) is 10.3 Å². The number of anilines is 1. The van der Waals surface area contributed by atoms with E-state index in [1.807, 2.05) is 24.3 Å². The van der Waals surface area contributed by atoms with E-state index in [0.29, 0.717) is 18.8 Å². The smallest absolute Gasteiger partial charge is 0.313 e. The molecule has 2 heterocycles. The van der Waals surface area contributed by atoms with Crippen LogP contribution in [0.1, 0.15) is 12.8 Å². The van der Waals surface area contributed by atoms with Crippen LogP contribution in [0.5, 0.6) is 0 Å². The molecule has 0 radical (unpaired) electrons. The van der Waals surface area contributed by atoms with Crippen LogP contribution < -0.4 is 5.32 Å². The van der Waals surface area contributed by atoms with Gasteiger partial charge in [0, 0.05) is 48.1 Å². The van der Waals surface area contributed by atoms with Crippen LogP contribution in [0.2, 0.25) is 0 Å². The van der Waals surface area contributed by atoms with Crippen LogP contribution in [0.15, 0.2) is 58.6 Å². The fraction of sp³-hybridized carbons (Fsp3) is 0.316. The zero-order chi connectivity index (χ0) is 18.4. The third kappa shape index (κ3) is 4.83. The van der Waals surface area contributed by atoms with Gasteiger partial charge in [-0.05, 0) is 49.2 Å². The molecule has 1 aromatic heterocycles. The summed E-state index contributed by atoms with van der Waals surface area (Å²) in [5, 5.41) is 2.67. The Bertz CT molecular complexity index is 752. The number of nitrogens with one attached hydrogen (secondary N) is 1. The minimum absolute atomic E-state index is 0.00462. The molecule has 0 aliphatic carbocycles. The first-order valence-corrected chi connectivity index (χ1v) is 9.28. The predicted octanol–water partition coefficient (Wildman–Crippen LogP) is 2.81. The van der Waals surface area contributed by atoms with Gasteiger partial charge in [0.2, 0.25) is 0 Å². The summed E-state index contributed by atoms with van der Waals surface area (Å²) in [5.41, 5.74) is 0.600. The number of hydrogen-bond acceptors (Lipinski definition) is 5. The third-order valence-corrected chi connectivity index (χ3v) is 5.21. The quantitative estimate of drug-likeness (QED) is 0.837. The number of carbonyl (C=O) groups is 2. The summed E-state index contributed by atoms with van der Waals surface area (Å²) in [5.74, 6) is -1.13. The van der Waals surface area contributed by atoms with Crippen molar-refractivity contribution in [2.24, 2.45) is 0 Å². The second kappa shape index (κ2) is 8.82. The number of pyridine rings is 1. The highest BCUT2D eigenvalue weighted by molar-refractivity contribution is 7.99. The van der Waals surface area contributed by atoms with E-state index < -0.39 is 11.8 Å².